The third-order valence-corrected chi connectivity index (χ3v) is 6.30. The average Bonchev–Trinajstić information content (AvgIpc) is 2.87. The highest BCUT2D eigenvalue weighted by atomic mass is 19.1. The molecule has 1 heterocycles. The van der Waals surface area contributed by atoms with E-state index in [-0.39, 0.29) is 23.7 Å². The number of benzene rings is 3. The molecule has 1 saturated heterocycles. The van der Waals surface area contributed by atoms with Crippen LogP contribution in [0.5, 0.6) is 0 Å². The number of nitrogens with one attached hydrogen (secondary N) is 2. The van der Waals surface area contributed by atoms with Gasteiger partial charge in [0.25, 0.3) is 0 Å². The molecule has 0 radical (unpaired) electrons. The Kier molecular flexibility index (Phi) is 7.82. The first-order valence-corrected chi connectivity index (χ1v) is 11.7. The summed E-state index contributed by atoms with van der Waals surface area (Å²) in [6, 6.07) is 20.3. The third-order valence-electron chi connectivity index (χ3n) is 6.30. The van der Waals surface area contributed by atoms with Gasteiger partial charge in [-0.15, -0.1) is 0 Å². The van der Waals surface area contributed by atoms with Gasteiger partial charge in [-0.25, -0.2) is 13.6 Å². The first kappa shape index (κ1) is 24.5. The summed E-state index contributed by atoms with van der Waals surface area (Å²) >= 11 is 0. The van der Waals surface area contributed by atoms with Crippen LogP contribution in [0.2, 0.25) is 0 Å². The SMILES string of the molecule is CN(C)c1ccc(C(CNC(=O)Nc2ccc(F)cc2)N2CCN(c3ccc(F)cc3)CC2)cc1. The van der Waals surface area contributed by atoms with Crippen LogP contribution < -0.4 is 20.4 Å². The second-order valence-electron chi connectivity index (χ2n) is 8.84. The lowest BCUT2D eigenvalue weighted by Crippen LogP contribution is -2.50. The molecule has 4 rings (SSSR count). The summed E-state index contributed by atoms with van der Waals surface area (Å²) in [6.45, 7) is 3.64. The molecule has 184 valence electrons. The number of amides is 2. The van der Waals surface area contributed by atoms with Crippen molar-refractivity contribution in [3.63, 3.8) is 0 Å². The van der Waals surface area contributed by atoms with E-state index in [1.807, 2.05) is 26.2 Å². The zero-order chi connectivity index (χ0) is 24.8. The Morgan fingerprint density at radius 3 is 2.00 bits per heavy atom. The normalized spacial score (nSPS) is 14.9. The predicted octanol–water partition coefficient (Wildman–Crippen LogP) is 4.72. The zero-order valence-electron chi connectivity index (χ0n) is 20.0. The predicted molar refractivity (Wildman–Crippen MR) is 137 cm³/mol. The average molecular weight is 480 g/mol. The van der Waals surface area contributed by atoms with Crippen molar-refractivity contribution in [2.24, 2.45) is 0 Å². The van der Waals surface area contributed by atoms with Crippen molar-refractivity contribution in [2.75, 3.05) is 61.9 Å². The summed E-state index contributed by atoms with van der Waals surface area (Å²) in [5.41, 5.74) is 3.77. The highest BCUT2D eigenvalue weighted by Gasteiger charge is 2.26. The van der Waals surface area contributed by atoms with Gasteiger partial charge in [0, 0.05) is 63.9 Å². The fraction of sp³-hybridized carbons (Fsp3) is 0.296. The topological polar surface area (TPSA) is 50.9 Å². The minimum atomic E-state index is -0.350. The van der Waals surface area contributed by atoms with E-state index < -0.39 is 0 Å². The van der Waals surface area contributed by atoms with Gasteiger partial charge in [0.15, 0.2) is 0 Å². The van der Waals surface area contributed by atoms with Gasteiger partial charge in [-0.05, 0) is 66.2 Å². The minimum Gasteiger partial charge on any atom is -0.378 e. The Hall–Kier alpha value is -3.65. The molecule has 2 N–H and O–H groups in total. The van der Waals surface area contributed by atoms with E-state index in [9.17, 15) is 13.6 Å². The quantitative estimate of drug-likeness (QED) is 0.515. The third kappa shape index (κ3) is 6.48. The maximum atomic E-state index is 13.3. The molecule has 0 aliphatic carbocycles. The van der Waals surface area contributed by atoms with Crippen LogP contribution in [0.25, 0.3) is 0 Å². The summed E-state index contributed by atoms with van der Waals surface area (Å²) in [5, 5.41) is 5.73. The summed E-state index contributed by atoms with van der Waals surface area (Å²) < 4.78 is 26.5. The first-order valence-electron chi connectivity index (χ1n) is 11.7. The van der Waals surface area contributed by atoms with E-state index in [2.05, 4.69) is 49.6 Å². The molecule has 8 heteroatoms. The number of nitrogens with zero attached hydrogens (tertiary/aromatic N) is 3. The summed E-state index contributed by atoms with van der Waals surface area (Å²) in [7, 11) is 4.00. The van der Waals surface area contributed by atoms with Crippen molar-refractivity contribution >= 4 is 23.1 Å². The highest BCUT2D eigenvalue weighted by Crippen LogP contribution is 2.26. The molecule has 1 aliphatic rings. The van der Waals surface area contributed by atoms with Crippen LogP contribution in [0, 0.1) is 11.6 Å². The lowest BCUT2D eigenvalue weighted by Gasteiger charge is -2.40. The van der Waals surface area contributed by atoms with Gasteiger partial charge >= 0.3 is 6.03 Å². The van der Waals surface area contributed by atoms with Gasteiger partial charge < -0.3 is 20.4 Å². The molecule has 1 aliphatic heterocycles. The van der Waals surface area contributed by atoms with E-state index in [0.29, 0.717) is 12.2 Å². The van der Waals surface area contributed by atoms with Gasteiger partial charge in [-0.3, -0.25) is 4.90 Å². The van der Waals surface area contributed by atoms with Crippen molar-refractivity contribution < 1.29 is 13.6 Å². The number of hydrogen-bond donors (Lipinski definition) is 2. The molecule has 0 bridgehead atoms. The molecular formula is C27H31F2N5O. The van der Waals surface area contributed by atoms with Crippen LogP contribution in [0.3, 0.4) is 0 Å². The van der Waals surface area contributed by atoms with Crippen LogP contribution in [0.15, 0.2) is 72.8 Å². The molecule has 1 fully saturated rings. The molecule has 1 atom stereocenters. The van der Waals surface area contributed by atoms with Crippen molar-refractivity contribution in [3.8, 4) is 0 Å². The summed E-state index contributed by atoms with van der Waals surface area (Å²) in [6.07, 6.45) is 0. The maximum Gasteiger partial charge on any atom is 0.319 e. The molecule has 0 saturated carbocycles. The van der Waals surface area contributed by atoms with E-state index in [1.165, 1.54) is 36.4 Å². The highest BCUT2D eigenvalue weighted by molar-refractivity contribution is 5.89. The van der Waals surface area contributed by atoms with Crippen molar-refractivity contribution in [2.45, 2.75) is 6.04 Å². The van der Waals surface area contributed by atoms with Gasteiger partial charge in [0.2, 0.25) is 0 Å². The lowest BCUT2D eigenvalue weighted by molar-refractivity contribution is 0.182. The Morgan fingerprint density at radius 2 is 1.43 bits per heavy atom. The fourth-order valence-electron chi connectivity index (χ4n) is 4.29. The second kappa shape index (κ2) is 11.2. The Labute approximate surface area is 205 Å². The number of anilines is 3. The Morgan fingerprint density at radius 1 is 0.857 bits per heavy atom. The van der Waals surface area contributed by atoms with E-state index >= 15 is 0 Å². The van der Waals surface area contributed by atoms with Crippen LogP contribution in [-0.4, -0.2) is 57.8 Å². The largest absolute Gasteiger partial charge is 0.378 e. The van der Waals surface area contributed by atoms with Gasteiger partial charge in [-0.1, -0.05) is 12.1 Å². The molecule has 35 heavy (non-hydrogen) atoms. The first-order chi connectivity index (χ1) is 16.9. The smallest absolute Gasteiger partial charge is 0.319 e. The standard InChI is InChI=1S/C27H31F2N5O/c1-32(2)24-11-3-20(4-12-24)26(19-30-27(35)31-23-9-5-21(28)6-10-23)34-17-15-33(16-18-34)25-13-7-22(29)8-14-25/h3-14,26H,15-19H2,1-2H3,(H2,30,31,35). The number of halogens is 2. The minimum absolute atomic E-state index is 0.0134. The van der Waals surface area contributed by atoms with Crippen molar-refractivity contribution in [3.05, 3.63) is 90.0 Å². The zero-order valence-corrected chi connectivity index (χ0v) is 20.0. The molecular weight excluding hydrogens is 448 g/mol. The van der Waals surface area contributed by atoms with Gasteiger partial charge in [0.05, 0.1) is 6.04 Å². The van der Waals surface area contributed by atoms with Gasteiger partial charge in [-0.2, -0.15) is 0 Å². The molecule has 0 spiro atoms. The lowest BCUT2D eigenvalue weighted by atomic mass is 10.0. The van der Waals surface area contributed by atoms with Crippen LogP contribution in [-0.2, 0) is 0 Å². The molecule has 1 unspecified atom stereocenters. The fourth-order valence-corrected chi connectivity index (χ4v) is 4.29. The van der Waals surface area contributed by atoms with E-state index in [4.69, 9.17) is 0 Å². The number of carbonyl (C=O) groups is 1. The number of urea groups is 1. The molecule has 3 aromatic rings. The molecule has 3 aromatic carbocycles. The number of rotatable bonds is 7. The van der Waals surface area contributed by atoms with Crippen LogP contribution >= 0.6 is 0 Å². The van der Waals surface area contributed by atoms with E-state index in [0.717, 1.165) is 43.1 Å². The summed E-state index contributed by atoms with van der Waals surface area (Å²) in [5.74, 6) is -0.587. The Balaban J connectivity index is 1.43. The molecule has 0 aromatic heterocycles. The van der Waals surface area contributed by atoms with Crippen molar-refractivity contribution in [1.29, 1.82) is 0 Å². The second-order valence-corrected chi connectivity index (χ2v) is 8.84. The molecule has 2 amide bonds. The summed E-state index contributed by atoms with van der Waals surface area (Å²) in [4.78, 5) is 19.2. The maximum absolute atomic E-state index is 13.3. The number of carbonyl (C=O) groups excluding carboxylic acids is 1. The monoisotopic (exact) mass is 479 g/mol. The molecule has 6 nitrogen and oxygen atoms in total. The Bertz CT molecular complexity index is 1100. The number of piperazine rings is 1. The van der Waals surface area contributed by atoms with Gasteiger partial charge in [0.1, 0.15) is 11.6 Å². The van der Waals surface area contributed by atoms with E-state index in [1.54, 1.807) is 0 Å². The van der Waals surface area contributed by atoms with Crippen molar-refractivity contribution in [1.82, 2.24) is 10.2 Å². The van der Waals surface area contributed by atoms with Crippen LogP contribution in [0.1, 0.15) is 11.6 Å². The van der Waals surface area contributed by atoms with Crippen LogP contribution in [0.4, 0.5) is 30.6 Å². The number of hydrogen-bond acceptors (Lipinski definition) is 4.